The van der Waals surface area contributed by atoms with Crippen LogP contribution in [-0.4, -0.2) is 23.4 Å². The van der Waals surface area contributed by atoms with Gasteiger partial charge in [-0.1, -0.05) is 49.2 Å². The number of carbonyl (C=O) groups is 1. The fourth-order valence-electron chi connectivity index (χ4n) is 3.10. The molecule has 1 heterocycles. The first-order valence-corrected chi connectivity index (χ1v) is 8.61. The fourth-order valence-corrected chi connectivity index (χ4v) is 3.78. The number of thiophene rings is 1. The van der Waals surface area contributed by atoms with Crippen molar-refractivity contribution in [3.8, 4) is 0 Å². The summed E-state index contributed by atoms with van der Waals surface area (Å²) >= 11 is 1.55. The molecular weight excluding hydrogens is 278 g/mol. The van der Waals surface area contributed by atoms with Crippen LogP contribution in [0.2, 0.25) is 0 Å². The Bertz CT molecular complexity index is 558. The standard InChI is InChI=1S/C18H21NOS/c20-18(17-11-6-14-21-17)19(16-9-4-5-10-16)13-12-15-7-2-1-3-8-15/h1-3,6-8,11,14,16H,4-5,9-10,12-13H2. The second kappa shape index (κ2) is 6.90. The van der Waals surface area contributed by atoms with Crippen molar-refractivity contribution in [1.29, 1.82) is 0 Å². The molecule has 3 heteroatoms. The second-order valence-corrected chi connectivity index (χ2v) is 6.60. The van der Waals surface area contributed by atoms with Crippen LogP contribution in [0.1, 0.15) is 40.9 Å². The Labute approximate surface area is 130 Å². The molecule has 1 fully saturated rings. The Morgan fingerprint density at radius 2 is 1.86 bits per heavy atom. The van der Waals surface area contributed by atoms with Gasteiger partial charge >= 0.3 is 0 Å². The lowest BCUT2D eigenvalue weighted by molar-refractivity contribution is 0.0689. The first-order chi connectivity index (χ1) is 10.3. The van der Waals surface area contributed by atoms with Gasteiger partial charge in [-0.2, -0.15) is 0 Å². The van der Waals surface area contributed by atoms with E-state index in [0.717, 1.165) is 30.7 Å². The van der Waals surface area contributed by atoms with E-state index >= 15 is 0 Å². The number of benzene rings is 1. The minimum atomic E-state index is 0.216. The molecule has 110 valence electrons. The van der Waals surface area contributed by atoms with Crippen LogP contribution in [0.4, 0.5) is 0 Å². The van der Waals surface area contributed by atoms with E-state index in [-0.39, 0.29) is 5.91 Å². The van der Waals surface area contributed by atoms with Crippen LogP contribution in [0.3, 0.4) is 0 Å². The van der Waals surface area contributed by atoms with Gasteiger partial charge < -0.3 is 4.90 Å². The van der Waals surface area contributed by atoms with Crippen molar-refractivity contribution in [3.05, 3.63) is 58.3 Å². The Morgan fingerprint density at radius 1 is 1.10 bits per heavy atom. The molecule has 3 rings (SSSR count). The highest BCUT2D eigenvalue weighted by Crippen LogP contribution is 2.26. The predicted octanol–water partition coefficient (Wildman–Crippen LogP) is 4.38. The van der Waals surface area contributed by atoms with Crippen molar-refractivity contribution < 1.29 is 4.79 Å². The van der Waals surface area contributed by atoms with Gasteiger partial charge in [0, 0.05) is 12.6 Å². The zero-order valence-electron chi connectivity index (χ0n) is 12.2. The van der Waals surface area contributed by atoms with Crippen LogP contribution in [0.5, 0.6) is 0 Å². The summed E-state index contributed by atoms with van der Waals surface area (Å²) in [6, 6.07) is 14.8. The summed E-state index contributed by atoms with van der Waals surface area (Å²) in [6.07, 6.45) is 5.76. The van der Waals surface area contributed by atoms with Crippen LogP contribution in [-0.2, 0) is 6.42 Å². The van der Waals surface area contributed by atoms with Gasteiger partial charge in [-0.05, 0) is 36.3 Å². The maximum absolute atomic E-state index is 12.8. The SMILES string of the molecule is O=C(c1cccs1)N(CCc1ccccc1)C1CCCC1. The van der Waals surface area contributed by atoms with Crippen molar-refractivity contribution in [1.82, 2.24) is 4.90 Å². The zero-order valence-corrected chi connectivity index (χ0v) is 13.0. The van der Waals surface area contributed by atoms with E-state index in [9.17, 15) is 4.79 Å². The van der Waals surface area contributed by atoms with Crippen LogP contribution in [0.25, 0.3) is 0 Å². The summed E-state index contributed by atoms with van der Waals surface area (Å²) in [5.74, 6) is 0.216. The normalized spacial score (nSPS) is 15.2. The topological polar surface area (TPSA) is 20.3 Å². The first kappa shape index (κ1) is 14.3. The van der Waals surface area contributed by atoms with Crippen LogP contribution in [0, 0.1) is 0 Å². The highest BCUT2D eigenvalue weighted by molar-refractivity contribution is 7.12. The summed E-state index contributed by atoms with van der Waals surface area (Å²) in [6.45, 7) is 0.825. The van der Waals surface area contributed by atoms with Crippen LogP contribution < -0.4 is 0 Å². The Morgan fingerprint density at radius 3 is 2.52 bits per heavy atom. The molecule has 0 unspecified atom stereocenters. The number of carbonyl (C=O) groups excluding carboxylic acids is 1. The van der Waals surface area contributed by atoms with E-state index < -0.39 is 0 Å². The van der Waals surface area contributed by atoms with E-state index in [1.54, 1.807) is 11.3 Å². The molecule has 2 nitrogen and oxygen atoms in total. The smallest absolute Gasteiger partial charge is 0.264 e. The van der Waals surface area contributed by atoms with E-state index in [1.807, 2.05) is 23.6 Å². The molecule has 0 atom stereocenters. The van der Waals surface area contributed by atoms with Crippen molar-refractivity contribution in [3.63, 3.8) is 0 Å². The average Bonchev–Trinajstić information content (AvgIpc) is 3.22. The Hall–Kier alpha value is -1.61. The van der Waals surface area contributed by atoms with Crippen molar-refractivity contribution in [2.45, 2.75) is 38.1 Å². The second-order valence-electron chi connectivity index (χ2n) is 5.65. The number of nitrogens with zero attached hydrogens (tertiary/aromatic N) is 1. The van der Waals surface area contributed by atoms with Gasteiger partial charge in [-0.25, -0.2) is 0 Å². The molecule has 1 aliphatic rings. The molecule has 1 amide bonds. The number of hydrogen-bond acceptors (Lipinski definition) is 2. The summed E-state index contributed by atoms with van der Waals surface area (Å²) in [5.41, 5.74) is 1.31. The lowest BCUT2D eigenvalue weighted by Crippen LogP contribution is -2.39. The van der Waals surface area contributed by atoms with Gasteiger partial charge in [0.25, 0.3) is 5.91 Å². The summed E-state index contributed by atoms with van der Waals surface area (Å²) < 4.78 is 0. The lowest BCUT2D eigenvalue weighted by Gasteiger charge is -2.28. The van der Waals surface area contributed by atoms with E-state index in [0.29, 0.717) is 6.04 Å². The predicted molar refractivity (Wildman–Crippen MR) is 87.8 cm³/mol. The molecule has 0 bridgehead atoms. The average molecular weight is 299 g/mol. The number of amides is 1. The highest BCUT2D eigenvalue weighted by atomic mass is 32.1. The molecule has 0 radical (unpaired) electrons. The minimum Gasteiger partial charge on any atom is -0.335 e. The maximum Gasteiger partial charge on any atom is 0.264 e. The Kier molecular flexibility index (Phi) is 4.71. The first-order valence-electron chi connectivity index (χ1n) is 7.73. The van der Waals surface area contributed by atoms with Crippen molar-refractivity contribution >= 4 is 17.2 Å². The molecule has 0 N–H and O–H groups in total. The summed E-state index contributed by atoms with van der Waals surface area (Å²) in [4.78, 5) is 15.7. The maximum atomic E-state index is 12.8. The third-order valence-electron chi connectivity index (χ3n) is 4.24. The molecule has 1 aromatic carbocycles. The van der Waals surface area contributed by atoms with Crippen molar-refractivity contribution in [2.75, 3.05) is 6.54 Å². The largest absolute Gasteiger partial charge is 0.335 e. The molecule has 0 aliphatic heterocycles. The molecule has 1 saturated carbocycles. The van der Waals surface area contributed by atoms with Gasteiger partial charge in [0.15, 0.2) is 0 Å². The summed E-state index contributed by atoms with van der Waals surface area (Å²) in [5, 5.41) is 1.98. The van der Waals surface area contributed by atoms with E-state index in [4.69, 9.17) is 0 Å². The molecular formula is C18H21NOS. The van der Waals surface area contributed by atoms with Crippen molar-refractivity contribution in [2.24, 2.45) is 0 Å². The molecule has 0 spiro atoms. The molecule has 0 saturated heterocycles. The highest BCUT2D eigenvalue weighted by Gasteiger charge is 2.27. The molecule has 1 aromatic heterocycles. The third-order valence-corrected chi connectivity index (χ3v) is 5.10. The number of rotatable bonds is 5. The zero-order chi connectivity index (χ0) is 14.5. The van der Waals surface area contributed by atoms with Gasteiger partial charge in [0.1, 0.15) is 0 Å². The van der Waals surface area contributed by atoms with Crippen LogP contribution in [0.15, 0.2) is 47.8 Å². The monoisotopic (exact) mass is 299 g/mol. The molecule has 1 aliphatic carbocycles. The van der Waals surface area contributed by atoms with E-state index in [1.165, 1.54) is 18.4 Å². The van der Waals surface area contributed by atoms with Crippen LogP contribution >= 0.6 is 11.3 Å². The van der Waals surface area contributed by atoms with Gasteiger partial charge in [-0.3, -0.25) is 4.79 Å². The lowest BCUT2D eigenvalue weighted by atomic mass is 10.1. The summed E-state index contributed by atoms with van der Waals surface area (Å²) in [7, 11) is 0. The van der Waals surface area contributed by atoms with Gasteiger partial charge in [0.05, 0.1) is 4.88 Å². The third kappa shape index (κ3) is 3.53. The fraction of sp³-hybridized carbons (Fsp3) is 0.389. The number of hydrogen-bond donors (Lipinski definition) is 0. The quantitative estimate of drug-likeness (QED) is 0.802. The van der Waals surface area contributed by atoms with E-state index in [2.05, 4.69) is 29.2 Å². The Balaban J connectivity index is 1.71. The van der Waals surface area contributed by atoms with Gasteiger partial charge in [0.2, 0.25) is 0 Å². The molecule has 21 heavy (non-hydrogen) atoms. The van der Waals surface area contributed by atoms with Gasteiger partial charge in [-0.15, -0.1) is 11.3 Å². The molecule has 2 aromatic rings. The minimum absolute atomic E-state index is 0.216.